The molecular weight excluding hydrogens is 387 g/mol. The Hall–Kier alpha value is -3.54. The van der Waals surface area contributed by atoms with E-state index in [4.69, 9.17) is 5.26 Å². The summed E-state index contributed by atoms with van der Waals surface area (Å²) >= 11 is 0. The van der Waals surface area contributed by atoms with E-state index in [-0.39, 0.29) is 37.4 Å². The third-order valence-electron chi connectivity index (χ3n) is 3.73. The van der Waals surface area contributed by atoms with E-state index in [2.05, 4.69) is 10.1 Å². The van der Waals surface area contributed by atoms with Gasteiger partial charge in [0, 0.05) is 36.8 Å². The molecule has 0 saturated carbocycles. The van der Waals surface area contributed by atoms with Gasteiger partial charge in [-0.2, -0.15) is 5.26 Å². The average molecular weight is 405 g/mol. The number of carbonyl (C=O) groups is 2. The second kappa shape index (κ2) is 10.1. The summed E-state index contributed by atoms with van der Waals surface area (Å²) in [5.74, 6) is -1.33. The highest BCUT2D eigenvalue weighted by Crippen LogP contribution is 2.25. The highest BCUT2D eigenvalue weighted by molar-refractivity contribution is 5.98. The van der Waals surface area contributed by atoms with Crippen molar-refractivity contribution in [3.63, 3.8) is 0 Å². The second-order valence-corrected chi connectivity index (χ2v) is 5.91. The van der Waals surface area contributed by atoms with Gasteiger partial charge in [0.15, 0.2) is 0 Å². The van der Waals surface area contributed by atoms with Gasteiger partial charge in [-0.1, -0.05) is 24.3 Å². The van der Waals surface area contributed by atoms with Crippen LogP contribution in [0.3, 0.4) is 0 Å². The molecule has 2 rings (SSSR count). The molecule has 0 spiro atoms. The number of ether oxygens (including phenoxy) is 1. The average Bonchev–Trinajstić information content (AvgIpc) is 2.66. The van der Waals surface area contributed by atoms with Crippen LogP contribution in [0.5, 0.6) is 5.75 Å². The lowest BCUT2D eigenvalue weighted by Crippen LogP contribution is -2.32. The fraction of sp³-hybridized carbons (Fsp3) is 0.250. The first kappa shape index (κ1) is 21.8. The van der Waals surface area contributed by atoms with Gasteiger partial charge in [-0.3, -0.25) is 9.59 Å². The van der Waals surface area contributed by atoms with Crippen LogP contribution in [-0.4, -0.2) is 24.7 Å². The van der Waals surface area contributed by atoms with Crippen molar-refractivity contribution in [2.24, 2.45) is 0 Å². The van der Waals surface area contributed by atoms with Crippen molar-refractivity contribution in [2.75, 3.05) is 16.8 Å². The van der Waals surface area contributed by atoms with Gasteiger partial charge in [0.25, 0.3) is 0 Å². The van der Waals surface area contributed by atoms with Crippen LogP contribution in [0.4, 0.5) is 24.5 Å². The lowest BCUT2D eigenvalue weighted by atomic mass is 10.2. The second-order valence-electron chi connectivity index (χ2n) is 5.91. The Morgan fingerprint density at radius 3 is 2.45 bits per heavy atom. The number of carbonyl (C=O) groups excluding carboxylic acids is 2. The van der Waals surface area contributed by atoms with Crippen LogP contribution in [0.1, 0.15) is 19.3 Å². The van der Waals surface area contributed by atoms with E-state index in [9.17, 15) is 22.8 Å². The molecule has 29 heavy (non-hydrogen) atoms. The molecule has 9 heteroatoms. The van der Waals surface area contributed by atoms with Crippen molar-refractivity contribution < 1.29 is 27.5 Å². The van der Waals surface area contributed by atoms with Gasteiger partial charge >= 0.3 is 6.36 Å². The highest BCUT2D eigenvalue weighted by Gasteiger charge is 2.31. The topological polar surface area (TPSA) is 82.4 Å². The van der Waals surface area contributed by atoms with E-state index in [1.54, 1.807) is 30.3 Å². The summed E-state index contributed by atoms with van der Waals surface area (Å²) in [6.07, 6.45) is -4.98. The molecule has 0 radical (unpaired) electrons. The number of amides is 2. The van der Waals surface area contributed by atoms with Crippen LogP contribution in [-0.2, 0) is 9.59 Å². The SMILES string of the molecule is N#CCCN(C(=O)CCC(=O)Nc1cccc(OC(F)(F)F)c1)c1ccccc1. The lowest BCUT2D eigenvalue weighted by molar-refractivity contribution is -0.274. The molecule has 0 fully saturated rings. The molecule has 0 aliphatic heterocycles. The molecule has 0 bridgehead atoms. The zero-order valence-corrected chi connectivity index (χ0v) is 15.3. The van der Waals surface area contributed by atoms with Crippen molar-refractivity contribution in [1.82, 2.24) is 0 Å². The smallest absolute Gasteiger partial charge is 0.406 e. The first-order valence-electron chi connectivity index (χ1n) is 8.66. The highest BCUT2D eigenvalue weighted by atomic mass is 19.4. The van der Waals surface area contributed by atoms with Crippen molar-refractivity contribution in [3.8, 4) is 11.8 Å². The number of hydrogen-bond donors (Lipinski definition) is 1. The minimum Gasteiger partial charge on any atom is -0.406 e. The Balaban J connectivity index is 1.94. The lowest BCUT2D eigenvalue weighted by Gasteiger charge is -2.21. The Labute approximate surface area is 165 Å². The number of anilines is 2. The molecular formula is C20H18F3N3O3. The summed E-state index contributed by atoms with van der Waals surface area (Å²) in [6.45, 7) is 0.192. The van der Waals surface area contributed by atoms with Crippen LogP contribution in [0.15, 0.2) is 54.6 Å². The maximum absolute atomic E-state index is 12.5. The van der Waals surface area contributed by atoms with Crippen LogP contribution >= 0.6 is 0 Å². The zero-order valence-electron chi connectivity index (χ0n) is 15.3. The van der Waals surface area contributed by atoms with Gasteiger partial charge in [0.1, 0.15) is 5.75 Å². The zero-order chi connectivity index (χ0) is 21.3. The fourth-order valence-corrected chi connectivity index (χ4v) is 2.52. The van der Waals surface area contributed by atoms with Gasteiger partial charge in [0.2, 0.25) is 11.8 Å². The molecule has 6 nitrogen and oxygen atoms in total. The van der Waals surface area contributed by atoms with Crippen molar-refractivity contribution >= 4 is 23.2 Å². The monoisotopic (exact) mass is 405 g/mol. The van der Waals surface area contributed by atoms with Crippen LogP contribution in [0, 0.1) is 11.3 Å². The number of rotatable bonds is 8. The van der Waals surface area contributed by atoms with Gasteiger partial charge in [-0.05, 0) is 24.3 Å². The number of nitrogens with zero attached hydrogens (tertiary/aromatic N) is 2. The molecule has 0 atom stereocenters. The molecule has 0 aliphatic carbocycles. The normalized spacial score (nSPS) is 10.7. The minimum absolute atomic E-state index is 0.119. The fourth-order valence-electron chi connectivity index (χ4n) is 2.52. The minimum atomic E-state index is -4.83. The third kappa shape index (κ3) is 7.54. The molecule has 0 aliphatic rings. The standard InChI is InChI=1S/C20H18F3N3O3/c21-20(22,23)29-17-9-4-6-15(14-17)25-18(27)10-11-19(28)26(13-5-12-24)16-7-2-1-3-8-16/h1-4,6-9,14H,5,10-11,13H2,(H,25,27). The first-order chi connectivity index (χ1) is 13.8. The summed E-state index contributed by atoms with van der Waals surface area (Å²) in [5.41, 5.74) is 0.735. The van der Waals surface area contributed by atoms with Crippen molar-refractivity contribution in [3.05, 3.63) is 54.6 Å². The Bertz CT molecular complexity index is 880. The van der Waals surface area contributed by atoms with E-state index in [1.165, 1.54) is 17.0 Å². The summed E-state index contributed by atoms with van der Waals surface area (Å²) in [6, 6.07) is 15.6. The van der Waals surface area contributed by atoms with E-state index in [1.807, 2.05) is 6.07 Å². The molecule has 152 valence electrons. The van der Waals surface area contributed by atoms with Crippen LogP contribution in [0.25, 0.3) is 0 Å². The Morgan fingerprint density at radius 2 is 1.79 bits per heavy atom. The maximum atomic E-state index is 12.5. The van der Waals surface area contributed by atoms with E-state index in [0.717, 1.165) is 12.1 Å². The Morgan fingerprint density at radius 1 is 1.07 bits per heavy atom. The summed E-state index contributed by atoms with van der Waals surface area (Å²) in [7, 11) is 0. The third-order valence-corrected chi connectivity index (χ3v) is 3.73. The molecule has 1 N–H and O–H groups in total. The van der Waals surface area contributed by atoms with Crippen LogP contribution < -0.4 is 15.0 Å². The summed E-state index contributed by atoms with van der Waals surface area (Å²) in [5, 5.41) is 11.2. The summed E-state index contributed by atoms with van der Waals surface area (Å²) in [4.78, 5) is 26.0. The predicted octanol–water partition coefficient (Wildman–Crippen LogP) is 4.25. The van der Waals surface area contributed by atoms with Gasteiger partial charge in [-0.25, -0.2) is 0 Å². The molecule has 0 unspecified atom stereocenters. The van der Waals surface area contributed by atoms with E-state index in [0.29, 0.717) is 5.69 Å². The molecule has 0 heterocycles. The van der Waals surface area contributed by atoms with E-state index < -0.39 is 18.0 Å². The van der Waals surface area contributed by atoms with Gasteiger partial charge in [0.05, 0.1) is 12.5 Å². The van der Waals surface area contributed by atoms with Crippen LogP contribution in [0.2, 0.25) is 0 Å². The van der Waals surface area contributed by atoms with Crippen molar-refractivity contribution in [1.29, 1.82) is 5.26 Å². The molecule has 2 amide bonds. The number of nitrogens with one attached hydrogen (secondary N) is 1. The molecule has 0 saturated heterocycles. The van der Waals surface area contributed by atoms with Crippen molar-refractivity contribution in [2.45, 2.75) is 25.6 Å². The number of alkyl halides is 3. The van der Waals surface area contributed by atoms with Gasteiger partial charge in [-0.15, -0.1) is 13.2 Å². The number of hydrogen-bond acceptors (Lipinski definition) is 4. The molecule has 2 aromatic carbocycles. The number of nitriles is 1. The molecule has 2 aromatic rings. The summed E-state index contributed by atoms with van der Waals surface area (Å²) < 4.78 is 40.6. The number of halogens is 3. The number of benzene rings is 2. The first-order valence-corrected chi connectivity index (χ1v) is 8.66. The maximum Gasteiger partial charge on any atom is 0.573 e. The largest absolute Gasteiger partial charge is 0.573 e. The van der Waals surface area contributed by atoms with Gasteiger partial charge < -0.3 is 15.0 Å². The predicted molar refractivity (Wildman–Crippen MR) is 100 cm³/mol. The van der Waals surface area contributed by atoms with E-state index >= 15 is 0 Å². The quantitative estimate of drug-likeness (QED) is 0.712. The number of para-hydroxylation sites is 1. The Kier molecular flexibility index (Phi) is 7.60. The molecule has 0 aromatic heterocycles.